The van der Waals surface area contributed by atoms with Gasteiger partial charge in [0.1, 0.15) is 17.3 Å². The molecule has 0 bridgehead atoms. The maximum absolute atomic E-state index is 12.0. The molecular formula is C14H25N5O. The van der Waals surface area contributed by atoms with Crippen molar-refractivity contribution >= 4 is 11.7 Å². The van der Waals surface area contributed by atoms with Gasteiger partial charge in [-0.15, -0.1) is 0 Å². The van der Waals surface area contributed by atoms with E-state index in [9.17, 15) is 4.79 Å². The Morgan fingerprint density at radius 3 is 2.70 bits per heavy atom. The molecular weight excluding hydrogens is 254 g/mol. The molecule has 0 aromatic carbocycles. The van der Waals surface area contributed by atoms with Crippen molar-refractivity contribution < 1.29 is 4.79 Å². The molecule has 0 aliphatic heterocycles. The molecule has 1 aromatic rings. The Labute approximate surface area is 121 Å². The number of hydrogen-bond donors (Lipinski definition) is 2. The molecule has 6 heteroatoms. The van der Waals surface area contributed by atoms with E-state index in [1.165, 1.54) is 0 Å². The standard InChI is InChI=1S/C14H25N5O/c1-5-7-15-13-10-12(17-11(2)18-13)14(20)16-8-6-9-19(3)4/h10H,5-9H2,1-4H3,(H,16,20)(H,15,17,18). The second-order valence-electron chi connectivity index (χ2n) is 5.03. The molecule has 0 unspecified atom stereocenters. The van der Waals surface area contributed by atoms with E-state index in [0.29, 0.717) is 23.9 Å². The second-order valence-corrected chi connectivity index (χ2v) is 5.03. The van der Waals surface area contributed by atoms with E-state index in [1.54, 1.807) is 13.0 Å². The van der Waals surface area contributed by atoms with Gasteiger partial charge in [0.05, 0.1) is 0 Å². The van der Waals surface area contributed by atoms with E-state index in [-0.39, 0.29) is 5.91 Å². The van der Waals surface area contributed by atoms with E-state index < -0.39 is 0 Å². The van der Waals surface area contributed by atoms with E-state index in [0.717, 1.165) is 25.9 Å². The van der Waals surface area contributed by atoms with Crippen molar-refractivity contribution in [2.24, 2.45) is 0 Å². The van der Waals surface area contributed by atoms with Gasteiger partial charge >= 0.3 is 0 Å². The lowest BCUT2D eigenvalue weighted by Gasteiger charge is -2.10. The highest BCUT2D eigenvalue weighted by Gasteiger charge is 2.09. The number of carbonyl (C=O) groups is 1. The Bertz CT molecular complexity index is 434. The van der Waals surface area contributed by atoms with Crippen molar-refractivity contribution in [3.8, 4) is 0 Å². The molecule has 0 atom stereocenters. The van der Waals surface area contributed by atoms with Gasteiger partial charge in [0, 0.05) is 19.2 Å². The molecule has 2 N–H and O–H groups in total. The van der Waals surface area contributed by atoms with Gasteiger partial charge in [0.15, 0.2) is 0 Å². The minimum Gasteiger partial charge on any atom is -0.370 e. The largest absolute Gasteiger partial charge is 0.370 e. The summed E-state index contributed by atoms with van der Waals surface area (Å²) < 4.78 is 0. The van der Waals surface area contributed by atoms with Gasteiger partial charge in [-0.1, -0.05) is 6.92 Å². The van der Waals surface area contributed by atoms with E-state index in [4.69, 9.17) is 0 Å². The van der Waals surface area contributed by atoms with Gasteiger partial charge < -0.3 is 15.5 Å². The maximum Gasteiger partial charge on any atom is 0.270 e. The smallest absolute Gasteiger partial charge is 0.270 e. The summed E-state index contributed by atoms with van der Waals surface area (Å²) in [4.78, 5) is 22.6. The highest BCUT2D eigenvalue weighted by Crippen LogP contribution is 2.06. The zero-order chi connectivity index (χ0) is 15.0. The van der Waals surface area contributed by atoms with Crippen molar-refractivity contribution in [3.63, 3.8) is 0 Å². The molecule has 0 fully saturated rings. The normalized spacial score (nSPS) is 10.7. The first-order chi connectivity index (χ1) is 9.52. The Kier molecular flexibility index (Phi) is 6.93. The van der Waals surface area contributed by atoms with Crippen LogP contribution >= 0.6 is 0 Å². The number of nitrogens with one attached hydrogen (secondary N) is 2. The van der Waals surface area contributed by atoms with Crippen LogP contribution in [-0.4, -0.2) is 54.5 Å². The lowest BCUT2D eigenvalue weighted by molar-refractivity contribution is 0.0947. The molecule has 1 amide bonds. The van der Waals surface area contributed by atoms with Gasteiger partial charge in [0.2, 0.25) is 0 Å². The first kappa shape index (κ1) is 16.4. The van der Waals surface area contributed by atoms with E-state index >= 15 is 0 Å². The molecule has 0 saturated heterocycles. The number of hydrogen-bond acceptors (Lipinski definition) is 5. The molecule has 20 heavy (non-hydrogen) atoms. The highest BCUT2D eigenvalue weighted by molar-refractivity contribution is 5.92. The molecule has 1 rings (SSSR count). The average Bonchev–Trinajstić information content (AvgIpc) is 2.40. The summed E-state index contributed by atoms with van der Waals surface area (Å²) in [7, 11) is 4.03. The minimum atomic E-state index is -0.145. The molecule has 1 aromatic heterocycles. The predicted octanol–water partition coefficient (Wildman–Crippen LogP) is 1.29. The second kappa shape index (κ2) is 8.47. The third-order valence-corrected chi connectivity index (χ3v) is 2.69. The van der Waals surface area contributed by atoms with Crippen LogP contribution in [0.3, 0.4) is 0 Å². The predicted molar refractivity (Wildman–Crippen MR) is 81.1 cm³/mol. The Morgan fingerprint density at radius 1 is 1.30 bits per heavy atom. The van der Waals surface area contributed by atoms with Crippen molar-refractivity contribution in [2.75, 3.05) is 39.0 Å². The SMILES string of the molecule is CCCNc1cc(C(=O)NCCCN(C)C)nc(C)n1. The summed E-state index contributed by atoms with van der Waals surface area (Å²) in [6.45, 7) is 6.31. The lowest BCUT2D eigenvalue weighted by Crippen LogP contribution is -2.28. The summed E-state index contributed by atoms with van der Waals surface area (Å²) in [6, 6.07) is 1.70. The van der Waals surface area contributed by atoms with E-state index in [2.05, 4.69) is 32.4 Å². The van der Waals surface area contributed by atoms with Crippen molar-refractivity contribution in [3.05, 3.63) is 17.6 Å². The third-order valence-electron chi connectivity index (χ3n) is 2.69. The fraction of sp³-hybridized carbons (Fsp3) is 0.643. The summed E-state index contributed by atoms with van der Waals surface area (Å²) >= 11 is 0. The number of nitrogens with zero attached hydrogens (tertiary/aromatic N) is 3. The molecule has 0 aliphatic carbocycles. The Hall–Kier alpha value is -1.69. The zero-order valence-corrected chi connectivity index (χ0v) is 12.9. The van der Waals surface area contributed by atoms with Crippen LogP contribution in [0.4, 0.5) is 5.82 Å². The number of carbonyl (C=O) groups excluding carboxylic acids is 1. The van der Waals surface area contributed by atoms with Crippen LogP contribution in [0.5, 0.6) is 0 Å². The Morgan fingerprint density at radius 2 is 2.05 bits per heavy atom. The van der Waals surface area contributed by atoms with Gasteiger partial charge in [-0.3, -0.25) is 4.79 Å². The third kappa shape index (κ3) is 5.97. The van der Waals surface area contributed by atoms with Crippen molar-refractivity contribution in [1.82, 2.24) is 20.2 Å². The topological polar surface area (TPSA) is 70.2 Å². The van der Waals surface area contributed by atoms with Gasteiger partial charge in [-0.2, -0.15) is 0 Å². The number of aromatic nitrogens is 2. The van der Waals surface area contributed by atoms with Crippen LogP contribution < -0.4 is 10.6 Å². The van der Waals surface area contributed by atoms with Crippen LogP contribution in [0.2, 0.25) is 0 Å². The first-order valence-corrected chi connectivity index (χ1v) is 7.05. The van der Waals surface area contributed by atoms with E-state index in [1.807, 2.05) is 14.1 Å². The van der Waals surface area contributed by atoms with Crippen LogP contribution in [-0.2, 0) is 0 Å². The highest BCUT2D eigenvalue weighted by atomic mass is 16.1. The average molecular weight is 279 g/mol. The quantitative estimate of drug-likeness (QED) is 0.702. The molecule has 0 spiro atoms. The maximum atomic E-state index is 12.0. The molecule has 0 aliphatic rings. The van der Waals surface area contributed by atoms with Crippen molar-refractivity contribution in [2.45, 2.75) is 26.7 Å². The molecule has 0 saturated carbocycles. The van der Waals surface area contributed by atoms with Crippen LogP contribution in [0.25, 0.3) is 0 Å². The number of amides is 1. The van der Waals surface area contributed by atoms with Gasteiger partial charge in [-0.25, -0.2) is 9.97 Å². The molecule has 1 heterocycles. The zero-order valence-electron chi connectivity index (χ0n) is 12.9. The first-order valence-electron chi connectivity index (χ1n) is 7.05. The summed E-state index contributed by atoms with van der Waals surface area (Å²) in [5.74, 6) is 1.16. The Balaban J connectivity index is 2.56. The van der Waals surface area contributed by atoms with Gasteiger partial charge in [-0.05, 0) is 40.4 Å². The summed E-state index contributed by atoms with van der Waals surface area (Å²) in [6.07, 6.45) is 1.93. The molecule has 6 nitrogen and oxygen atoms in total. The number of rotatable bonds is 8. The molecule has 112 valence electrons. The summed E-state index contributed by atoms with van der Waals surface area (Å²) in [5.41, 5.74) is 0.418. The fourth-order valence-electron chi connectivity index (χ4n) is 1.72. The van der Waals surface area contributed by atoms with Crippen LogP contribution in [0.1, 0.15) is 36.1 Å². The summed E-state index contributed by atoms with van der Waals surface area (Å²) in [5, 5.41) is 6.06. The lowest BCUT2D eigenvalue weighted by atomic mass is 10.3. The van der Waals surface area contributed by atoms with Crippen LogP contribution in [0, 0.1) is 6.92 Å². The molecule has 0 radical (unpaired) electrons. The minimum absolute atomic E-state index is 0.145. The van der Waals surface area contributed by atoms with Crippen molar-refractivity contribution in [1.29, 1.82) is 0 Å². The number of anilines is 1. The fourth-order valence-corrected chi connectivity index (χ4v) is 1.72. The number of aryl methyl sites for hydroxylation is 1. The van der Waals surface area contributed by atoms with Gasteiger partial charge in [0.25, 0.3) is 5.91 Å². The van der Waals surface area contributed by atoms with Crippen LogP contribution in [0.15, 0.2) is 6.07 Å². The monoisotopic (exact) mass is 279 g/mol.